The van der Waals surface area contributed by atoms with Gasteiger partial charge in [-0.15, -0.1) is 0 Å². The predicted octanol–water partition coefficient (Wildman–Crippen LogP) is 0.00590. The van der Waals surface area contributed by atoms with E-state index in [-0.39, 0.29) is 36.4 Å². The lowest BCUT2D eigenvalue weighted by molar-refractivity contribution is -0.193. The van der Waals surface area contributed by atoms with E-state index in [0.29, 0.717) is 12.5 Å². The molecule has 0 radical (unpaired) electrons. The summed E-state index contributed by atoms with van der Waals surface area (Å²) in [5.41, 5.74) is 15.2. The summed E-state index contributed by atoms with van der Waals surface area (Å²) in [4.78, 5) is 44.6. The molecule has 0 aromatic carbocycles. The monoisotopic (exact) mass is 572 g/mol. The van der Waals surface area contributed by atoms with Gasteiger partial charge in [0.1, 0.15) is 0 Å². The number of nitrogens with two attached hydrogens (primary N) is 2. The highest BCUT2D eigenvalue weighted by Gasteiger charge is 2.48. The van der Waals surface area contributed by atoms with Crippen LogP contribution in [0.15, 0.2) is 36.3 Å². The molecule has 1 saturated carbocycles. The molecule has 3 unspecified atom stereocenters. The van der Waals surface area contributed by atoms with E-state index in [1.54, 1.807) is 0 Å². The number of rotatable bonds is 4. The average Bonchev–Trinajstić information content (AvgIpc) is 3.57. The lowest BCUT2D eigenvalue weighted by Gasteiger charge is -2.34. The Kier molecular flexibility index (Phi) is 9.97. The number of fused-ring (bicyclic) bond motifs is 3. The molecule has 5 atom stereocenters. The van der Waals surface area contributed by atoms with E-state index in [9.17, 15) is 35.9 Å². The Morgan fingerprint density at radius 1 is 1.08 bits per heavy atom. The number of hydrogen-bond acceptors (Lipinski definition) is 8. The molecule has 2 bridgehead atoms. The van der Waals surface area contributed by atoms with E-state index in [0.717, 1.165) is 18.5 Å². The van der Waals surface area contributed by atoms with Crippen molar-refractivity contribution in [2.45, 2.75) is 43.3 Å². The minimum atomic E-state index is -5.08. The number of nitrogens with zero attached hydrogens (tertiary/aromatic N) is 2. The molecule has 1 aliphatic carbocycles. The number of piperidine rings is 1. The summed E-state index contributed by atoms with van der Waals surface area (Å²) in [5, 5.41) is 19.1. The maximum absolute atomic E-state index is 12.9. The minimum Gasteiger partial charge on any atom is -0.475 e. The Morgan fingerprint density at radius 2 is 1.64 bits per heavy atom. The molecule has 3 aliphatic heterocycles. The number of carboxylic acid groups (broad SMARTS) is 2. The summed E-state index contributed by atoms with van der Waals surface area (Å²) in [7, 11) is 0. The van der Waals surface area contributed by atoms with Crippen LogP contribution in [0.2, 0.25) is 0 Å². The maximum atomic E-state index is 12.9. The number of carbonyl (C=O) groups excluding carboxylic acids is 2. The van der Waals surface area contributed by atoms with Gasteiger partial charge in [-0.2, -0.15) is 26.3 Å². The van der Waals surface area contributed by atoms with Gasteiger partial charge in [-0.3, -0.25) is 14.6 Å². The molecular weight excluding hydrogens is 546 g/mol. The summed E-state index contributed by atoms with van der Waals surface area (Å²) in [5.74, 6) is -5.50. The maximum Gasteiger partial charge on any atom is 0.490 e. The summed E-state index contributed by atoms with van der Waals surface area (Å²) < 4.78 is 63.5. The highest BCUT2D eigenvalue weighted by Crippen LogP contribution is 2.39. The lowest BCUT2D eigenvalue weighted by atomic mass is 9.99. The van der Waals surface area contributed by atoms with Crippen LogP contribution in [0.3, 0.4) is 0 Å². The van der Waals surface area contributed by atoms with Crippen LogP contribution in [-0.4, -0.2) is 87.4 Å². The second-order valence-electron chi connectivity index (χ2n) is 8.73. The minimum absolute atomic E-state index is 0.0943. The highest BCUT2D eigenvalue weighted by atomic mass is 19.4. The van der Waals surface area contributed by atoms with E-state index in [1.165, 1.54) is 0 Å². The number of allylic oxidation sites excluding steroid dienone is 1. The molecule has 0 aromatic rings. The number of hydrazine groups is 1. The molecule has 18 heteroatoms. The Labute approximate surface area is 216 Å². The normalized spacial score (nSPS) is 25.3. The molecule has 2 fully saturated rings. The van der Waals surface area contributed by atoms with Gasteiger partial charge >= 0.3 is 24.3 Å². The number of alkyl halides is 6. The van der Waals surface area contributed by atoms with Crippen LogP contribution in [0.25, 0.3) is 0 Å². The first-order valence-corrected chi connectivity index (χ1v) is 11.2. The summed E-state index contributed by atoms with van der Waals surface area (Å²) >= 11 is 0. The van der Waals surface area contributed by atoms with Crippen LogP contribution < -0.4 is 22.2 Å². The third-order valence-corrected chi connectivity index (χ3v) is 6.05. The van der Waals surface area contributed by atoms with Crippen molar-refractivity contribution < 1.29 is 55.7 Å². The van der Waals surface area contributed by atoms with Gasteiger partial charge in [-0.25, -0.2) is 9.59 Å². The number of amides is 2. The molecule has 0 aromatic heterocycles. The fourth-order valence-corrected chi connectivity index (χ4v) is 4.18. The van der Waals surface area contributed by atoms with E-state index >= 15 is 0 Å². The zero-order valence-electron chi connectivity index (χ0n) is 19.9. The average molecular weight is 572 g/mol. The van der Waals surface area contributed by atoms with Gasteiger partial charge in [0.25, 0.3) is 0 Å². The quantitative estimate of drug-likeness (QED) is 0.250. The predicted molar refractivity (Wildman–Crippen MR) is 119 cm³/mol. The van der Waals surface area contributed by atoms with Crippen molar-refractivity contribution in [2.24, 2.45) is 23.3 Å². The second-order valence-corrected chi connectivity index (χ2v) is 8.73. The van der Waals surface area contributed by atoms with Crippen molar-refractivity contribution >= 4 is 23.8 Å². The summed E-state index contributed by atoms with van der Waals surface area (Å²) in [6, 6.07) is -0.372. The van der Waals surface area contributed by atoms with Crippen molar-refractivity contribution in [3.8, 4) is 0 Å². The molecular formula is C21H26F6N6O6. The van der Waals surface area contributed by atoms with Crippen LogP contribution in [0.1, 0.15) is 12.8 Å². The molecule has 4 aliphatic rings. The SMILES string of the molecule is NCC(N)C(=O)NC1C[C@@H]2C[C@@H]1CN2C(=O)C1C=CN2NC=CC2=C1.O=C(O)C(F)(F)F.O=C(O)C(F)(F)F. The Bertz CT molecular complexity index is 1020. The molecule has 2 amide bonds. The zero-order valence-corrected chi connectivity index (χ0v) is 19.9. The van der Waals surface area contributed by atoms with E-state index in [2.05, 4.69) is 10.7 Å². The van der Waals surface area contributed by atoms with Gasteiger partial charge in [-0.05, 0) is 37.0 Å². The summed E-state index contributed by atoms with van der Waals surface area (Å²) in [6.07, 6.45) is 1.15. The molecule has 39 heavy (non-hydrogen) atoms. The fourth-order valence-electron chi connectivity index (χ4n) is 4.18. The zero-order chi connectivity index (χ0) is 29.7. The smallest absolute Gasteiger partial charge is 0.475 e. The van der Waals surface area contributed by atoms with Crippen molar-refractivity contribution in [2.75, 3.05) is 13.1 Å². The molecule has 4 rings (SSSR count). The fraction of sp³-hybridized carbons (Fsp3) is 0.524. The standard InChI is InChI=1S/C17H24N6O2.2C2HF3O2/c18-8-14(19)16(24)21-15-7-13-6-11(15)9-22(13)17(25)10-2-4-23-12(5-10)1-3-20-23;2*3-2(4,5)1(6)7/h1-5,10-11,13-15,20H,6-9,18-19H2,(H,21,24);2*(H,6,7)/t10?,11-,13+,14?,15?;;/m1../s1. The Hall–Kier alpha value is -3.80. The van der Waals surface area contributed by atoms with Crippen LogP contribution >= 0.6 is 0 Å². The van der Waals surface area contributed by atoms with Crippen LogP contribution in [0, 0.1) is 11.8 Å². The van der Waals surface area contributed by atoms with Crippen LogP contribution in [0.4, 0.5) is 26.3 Å². The number of carboxylic acids is 2. The second kappa shape index (κ2) is 12.4. The van der Waals surface area contributed by atoms with Gasteiger partial charge in [-0.1, -0.05) is 0 Å². The van der Waals surface area contributed by atoms with Crippen molar-refractivity contribution in [1.82, 2.24) is 20.7 Å². The topological polar surface area (TPSA) is 191 Å². The molecule has 3 heterocycles. The van der Waals surface area contributed by atoms with Crippen molar-refractivity contribution in [3.63, 3.8) is 0 Å². The first kappa shape index (κ1) is 31.4. The van der Waals surface area contributed by atoms with E-state index in [4.69, 9.17) is 31.3 Å². The first-order chi connectivity index (χ1) is 17.9. The number of halogens is 6. The molecule has 1 saturated heterocycles. The number of aliphatic carboxylic acids is 2. The van der Waals surface area contributed by atoms with Crippen molar-refractivity contribution in [3.05, 3.63) is 36.3 Å². The molecule has 0 spiro atoms. The van der Waals surface area contributed by atoms with Crippen molar-refractivity contribution in [1.29, 1.82) is 0 Å². The van der Waals surface area contributed by atoms with Gasteiger partial charge in [0.05, 0.1) is 17.7 Å². The highest BCUT2D eigenvalue weighted by molar-refractivity contribution is 5.84. The number of likely N-dealkylation sites (tertiary alicyclic amines) is 1. The Morgan fingerprint density at radius 3 is 2.10 bits per heavy atom. The van der Waals surface area contributed by atoms with Gasteiger partial charge in [0.2, 0.25) is 11.8 Å². The number of hydrogen-bond donors (Lipinski definition) is 6. The molecule has 8 N–H and O–H groups in total. The van der Waals surface area contributed by atoms with Crippen LogP contribution in [-0.2, 0) is 19.2 Å². The Balaban J connectivity index is 0.000000317. The van der Waals surface area contributed by atoms with Gasteiger partial charge in [0, 0.05) is 37.6 Å². The summed E-state index contributed by atoms with van der Waals surface area (Å²) in [6.45, 7) is 0.831. The third-order valence-electron chi connectivity index (χ3n) is 6.05. The van der Waals surface area contributed by atoms with E-state index < -0.39 is 30.3 Å². The molecule has 218 valence electrons. The van der Waals surface area contributed by atoms with Crippen LogP contribution in [0.5, 0.6) is 0 Å². The number of carbonyl (C=O) groups is 4. The van der Waals surface area contributed by atoms with Gasteiger partial charge in [0.15, 0.2) is 0 Å². The number of nitrogens with one attached hydrogen (secondary N) is 2. The van der Waals surface area contributed by atoms with Gasteiger partial charge < -0.3 is 37.3 Å². The largest absolute Gasteiger partial charge is 0.490 e. The third kappa shape index (κ3) is 8.34. The first-order valence-electron chi connectivity index (χ1n) is 11.2. The molecule has 12 nitrogen and oxygen atoms in total. The lowest BCUT2D eigenvalue weighted by Crippen LogP contribution is -2.53. The van der Waals surface area contributed by atoms with E-state index in [1.807, 2.05) is 40.5 Å².